The van der Waals surface area contributed by atoms with Gasteiger partial charge in [-0.15, -0.1) is 6.58 Å². The van der Waals surface area contributed by atoms with Crippen molar-refractivity contribution < 1.29 is 8.78 Å². The predicted molar refractivity (Wildman–Crippen MR) is 47.5 cm³/mol. The van der Waals surface area contributed by atoms with Gasteiger partial charge in [0, 0.05) is 0 Å². The SMILES string of the molecule is C=CCCCC(NCC)C(F)F. The van der Waals surface area contributed by atoms with Crippen molar-refractivity contribution in [1.29, 1.82) is 0 Å². The summed E-state index contributed by atoms with van der Waals surface area (Å²) in [5.74, 6) is 0. The van der Waals surface area contributed by atoms with E-state index >= 15 is 0 Å². The summed E-state index contributed by atoms with van der Waals surface area (Å²) in [5, 5.41) is 2.76. The van der Waals surface area contributed by atoms with Crippen LogP contribution in [0.4, 0.5) is 8.78 Å². The molecule has 0 heterocycles. The Balaban J connectivity index is 3.55. The fraction of sp³-hybridized carbons (Fsp3) is 0.778. The summed E-state index contributed by atoms with van der Waals surface area (Å²) in [5.41, 5.74) is 0. The van der Waals surface area contributed by atoms with Gasteiger partial charge in [0.1, 0.15) is 0 Å². The molecule has 1 atom stereocenters. The van der Waals surface area contributed by atoms with Gasteiger partial charge in [-0.3, -0.25) is 0 Å². The molecule has 0 fully saturated rings. The fourth-order valence-corrected chi connectivity index (χ4v) is 1.06. The van der Waals surface area contributed by atoms with Gasteiger partial charge in [-0.2, -0.15) is 0 Å². The third-order valence-corrected chi connectivity index (χ3v) is 1.69. The molecule has 0 aromatic carbocycles. The molecule has 0 amide bonds. The lowest BCUT2D eigenvalue weighted by Gasteiger charge is -2.15. The lowest BCUT2D eigenvalue weighted by Crippen LogP contribution is -2.35. The lowest BCUT2D eigenvalue weighted by atomic mass is 10.1. The number of nitrogens with one attached hydrogen (secondary N) is 1. The summed E-state index contributed by atoms with van der Waals surface area (Å²) in [6.45, 7) is 5.98. The highest BCUT2D eigenvalue weighted by Gasteiger charge is 2.17. The van der Waals surface area contributed by atoms with Gasteiger partial charge in [0.25, 0.3) is 6.43 Å². The third kappa shape index (κ3) is 5.24. The van der Waals surface area contributed by atoms with Gasteiger partial charge in [0.15, 0.2) is 0 Å². The molecular formula is C9H17F2N. The summed E-state index contributed by atoms with van der Waals surface area (Å²) in [4.78, 5) is 0. The Morgan fingerprint density at radius 2 is 2.17 bits per heavy atom. The number of allylic oxidation sites excluding steroid dienone is 1. The zero-order valence-corrected chi connectivity index (χ0v) is 7.52. The highest BCUT2D eigenvalue weighted by molar-refractivity contribution is 4.72. The van der Waals surface area contributed by atoms with Gasteiger partial charge >= 0.3 is 0 Å². The Morgan fingerprint density at radius 1 is 1.50 bits per heavy atom. The van der Waals surface area contributed by atoms with Crippen molar-refractivity contribution in [3.63, 3.8) is 0 Å². The van der Waals surface area contributed by atoms with Gasteiger partial charge < -0.3 is 5.32 Å². The topological polar surface area (TPSA) is 12.0 Å². The molecular weight excluding hydrogens is 160 g/mol. The normalized spacial score (nSPS) is 13.3. The average Bonchev–Trinajstić information content (AvgIpc) is 2.03. The van der Waals surface area contributed by atoms with Gasteiger partial charge in [-0.25, -0.2) is 8.78 Å². The number of unbranched alkanes of at least 4 members (excludes halogenated alkanes) is 1. The maximum Gasteiger partial charge on any atom is 0.253 e. The first-order chi connectivity index (χ1) is 5.72. The molecule has 0 rings (SSSR count). The van der Waals surface area contributed by atoms with Crippen molar-refractivity contribution in [3.8, 4) is 0 Å². The first-order valence-electron chi connectivity index (χ1n) is 4.34. The molecule has 0 aliphatic rings. The van der Waals surface area contributed by atoms with E-state index in [4.69, 9.17) is 0 Å². The van der Waals surface area contributed by atoms with Crippen LogP contribution in [0.15, 0.2) is 12.7 Å². The third-order valence-electron chi connectivity index (χ3n) is 1.69. The summed E-state index contributed by atoms with van der Waals surface area (Å²) in [6.07, 6.45) is 1.63. The maximum absolute atomic E-state index is 12.2. The van der Waals surface area contributed by atoms with E-state index < -0.39 is 12.5 Å². The summed E-state index contributed by atoms with van der Waals surface area (Å²) >= 11 is 0. The van der Waals surface area contributed by atoms with E-state index in [0.29, 0.717) is 13.0 Å². The first-order valence-corrected chi connectivity index (χ1v) is 4.34. The smallest absolute Gasteiger partial charge is 0.253 e. The Bertz CT molecular complexity index is 115. The van der Waals surface area contributed by atoms with E-state index in [1.165, 1.54) is 0 Å². The van der Waals surface area contributed by atoms with Gasteiger partial charge in [-0.05, 0) is 25.8 Å². The highest BCUT2D eigenvalue weighted by Crippen LogP contribution is 2.09. The van der Waals surface area contributed by atoms with Crippen LogP contribution in [0.5, 0.6) is 0 Å². The van der Waals surface area contributed by atoms with Crippen molar-refractivity contribution in [1.82, 2.24) is 5.32 Å². The summed E-state index contributed by atoms with van der Waals surface area (Å²) < 4.78 is 24.5. The lowest BCUT2D eigenvalue weighted by molar-refractivity contribution is 0.0941. The van der Waals surface area contributed by atoms with E-state index in [-0.39, 0.29) is 0 Å². The number of halogens is 2. The molecule has 0 aliphatic heterocycles. The van der Waals surface area contributed by atoms with E-state index in [1.807, 2.05) is 6.92 Å². The standard InChI is InChI=1S/C9H17F2N/c1-3-5-6-7-8(9(10)11)12-4-2/h3,8-9,12H,1,4-7H2,2H3. The molecule has 72 valence electrons. The molecule has 0 radical (unpaired) electrons. The number of hydrogen-bond acceptors (Lipinski definition) is 1. The van der Waals surface area contributed by atoms with E-state index in [2.05, 4.69) is 11.9 Å². The van der Waals surface area contributed by atoms with Crippen LogP contribution in [0.3, 0.4) is 0 Å². The zero-order valence-electron chi connectivity index (χ0n) is 7.52. The highest BCUT2D eigenvalue weighted by atomic mass is 19.3. The largest absolute Gasteiger partial charge is 0.309 e. The van der Waals surface area contributed by atoms with Crippen LogP contribution in [0.1, 0.15) is 26.2 Å². The predicted octanol–water partition coefficient (Wildman–Crippen LogP) is 2.59. The maximum atomic E-state index is 12.2. The van der Waals surface area contributed by atoms with Crippen molar-refractivity contribution in [2.24, 2.45) is 0 Å². The number of hydrogen-bond donors (Lipinski definition) is 1. The second kappa shape index (κ2) is 7.22. The van der Waals surface area contributed by atoms with E-state index in [1.54, 1.807) is 6.08 Å². The summed E-state index contributed by atoms with van der Waals surface area (Å²) in [6, 6.07) is -0.644. The van der Waals surface area contributed by atoms with Crippen LogP contribution in [0.25, 0.3) is 0 Å². The second-order valence-electron chi connectivity index (χ2n) is 2.72. The molecule has 0 aromatic rings. The molecule has 12 heavy (non-hydrogen) atoms. The number of alkyl halides is 2. The molecule has 1 unspecified atom stereocenters. The molecule has 0 bridgehead atoms. The molecule has 0 aromatic heterocycles. The van der Waals surface area contributed by atoms with Crippen molar-refractivity contribution in [2.75, 3.05) is 6.54 Å². The second-order valence-corrected chi connectivity index (χ2v) is 2.72. The summed E-state index contributed by atoms with van der Waals surface area (Å²) in [7, 11) is 0. The van der Waals surface area contributed by atoms with Crippen molar-refractivity contribution in [3.05, 3.63) is 12.7 Å². The molecule has 0 spiro atoms. The Hall–Kier alpha value is -0.440. The quantitative estimate of drug-likeness (QED) is 0.465. The van der Waals surface area contributed by atoms with Gasteiger partial charge in [-0.1, -0.05) is 13.0 Å². The van der Waals surface area contributed by atoms with Crippen LogP contribution in [-0.2, 0) is 0 Å². The van der Waals surface area contributed by atoms with E-state index in [0.717, 1.165) is 12.8 Å². The van der Waals surface area contributed by atoms with E-state index in [9.17, 15) is 8.78 Å². The monoisotopic (exact) mass is 177 g/mol. The molecule has 1 nitrogen and oxygen atoms in total. The van der Waals surface area contributed by atoms with Crippen LogP contribution >= 0.6 is 0 Å². The fourth-order valence-electron chi connectivity index (χ4n) is 1.06. The van der Waals surface area contributed by atoms with Crippen LogP contribution in [0, 0.1) is 0 Å². The molecule has 0 saturated heterocycles. The van der Waals surface area contributed by atoms with Crippen LogP contribution < -0.4 is 5.32 Å². The molecule has 3 heteroatoms. The van der Waals surface area contributed by atoms with Crippen LogP contribution in [-0.4, -0.2) is 19.0 Å². The van der Waals surface area contributed by atoms with Gasteiger partial charge in [0.05, 0.1) is 6.04 Å². The Labute approximate surface area is 72.9 Å². The van der Waals surface area contributed by atoms with Crippen LogP contribution in [0.2, 0.25) is 0 Å². The minimum absolute atomic E-state index is 0.525. The minimum atomic E-state index is -2.25. The molecule has 1 N–H and O–H groups in total. The average molecular weight is 177 g/mol. The van der Waals surface area contributed by atoms with Crippen molar-refractivity contribution in [2.45, 2.75) is 38.7 Å². The van der Waals surface area contributed by atoms with Gasteiger partial charge in [0.2, 0.25) is 0 Å². The first kappa shape index (κ1) is 11.6. The molecule has 0 aliphatic carbocycles. The minimum Gasteiger partial charge on any atom is -0.309 e. The Morgan fingerprint density at radius 3 is 2.58 bits per heavy atom. The Kier molecular flexibility index (Phi) is 6.96. The molecule has 0 saturated carbocycles. The zero-order chi connectivity index (χ0) is 9.40. The number of rotatable bonds is 7. The van der Waals surface area contributed by atoms with Crippen molar-refractivity contribution >= 4 is 0 Å².